The summed E-state index contributed by atoms with van der Waals surface area (Å²) in [6.45, 7) is 1.55. The van der Waals surface area contributed by atoms with Crippen molar-refractivity contribution >= 4 is 27.3 Å². The van der Waals surface area contributed by atoms with Crippen molar-refractivity contribution in [1.29, 1.82) is 0 Å². The summed E-state index contributed by atoms with van der Waals surface area (Å²) in [5.41, 5.74) is 0. The van der Waals surface area contributed by atoms with Gasteiger partial charge in [0.05, 0.1) is 4.88 Å². The van der Waals surface area contributed by atoms with Crippen molar-refractivity contribution in [2.45, 2.75) is 48.8 Å². The number of nitrogens with zero attached hydrogens (tertiary/aromatic N) is 1. The maximum absolute atomic E-state index is 12.3. The van der Waals surface area contributed by atoms with Crippen molar-refractivity contribution in [3.8, 4) is 0 Å². The van der Waals surface area contributed by atoms with Gasteiger partial charge >= 0.3 is 0 Å². The first-order valence-corrected chi connectivity index (χ1v) is 9.78. The highest BCUT2D eigenvalue weighted by atomic mass is 32.2. The molecule has 1 amide bonds. The first kappa shape index (κ1) is 15.0. The maximum atomic E-state index is 12.3. The van der Waals surface area contributed by atoms with Crippen molar-refractivity contribution in [3.05, 3.63) is 17.0 Å². The van der Waals surface area contributed by atoms with E-state index in [2.05, 4.69) is 4.72 Å². The summed E-state index contributed by atoms with van der Waals surface area (Å²) < 4.78 is 27.6. The smallest absolute Gasteiger partial charge is 0.263 e. The molecule has 1 aromatic heterocycles. The largest absolute Gasteiger partial charge is 0.338 e. The van der Waals surface area contributed by atoms with E-state index in [0.717, 1.165) is 63.0 Å². The number of nitrogens with one attached hydrogen (secondary N) is 1. The van der Waals surface area contributed by atoms with Crippen molar-refractivity contribution in [2.75, 3.05) is 13.1 Å². The molecule has 1 aliphatic carbocycles. The predicted molar refractivity (Wildman–Crippen MR) is 82.0 cm³/mol. The Morgan fingerprint density at radius 2 is 1.81 bits per heavy atom. The molecule has 1 saturated carbocycles. The maximum Gasteiger partial charge on any atom is 0.263 e. The number of rotatable bonds is 4. The van der Waals surface area contributed by atoms with E-state index in [0.29, 0.717) is 4.88 Å². The van der Waals surface area contributed by atoms with Crippen LogP contribution in [0.5, 0.6) is 0 Å². The van der Waals surface area contributed by atoms with Crippen LogP contribution in [0.4, 0.5) is 0 Å². The van der Waals surface area contributed by atoms with Crippen LogP contribution in [0.15, 0.2) is 16.3 Å². The zero-order chi connectivity index (χ0) is 14.9. The van der Waals surface area contributed by atoms with Crippen molar-refractivity contribution in [2.24, 2.45) is 0 Å². The van der Waals surface area contributed by atoms with Gasteiger partial charge in [-0.25, -0.2) is 13.1 Å². The molecule has 0 bridgehead atoms. The first-order valence-electron chi connectivity index (χ1n) is 7.48. The molecule has 21 heavy (non-hydrogen) atoms. The quantitative estimate of drug-likeness (QED) is 0.921. The molecule has 1 aliphatic heterocycles. The molecule has 2 heterocycles. The van der Waals surface area contributed by atoms with Gasteiger partial charge in [-0.05, 0) is 37.8 Å². The van der Waals surface area contributed by atoms with Crippen LogP contribution in [0.25, 0.3) is 0 Å². The van der Waals surface area contributed by atoms with E-state index in [4.69, 9.17) is 0 Å². The van der Waals surface area contributed by atoms with Crippen LogP contribution in [-0.2, 0) is 10.0 Å². The Morgan fingerprint density at radius 1 is 1.14 bits per heavy atom. The average Bonchev–Trinajstić information content (AvgIpc) is 3.19. The summed E-state index contributed by atoms with van der Waals surface area (Å²) in [6, 6.07) is 3.23. The number of hydrogen-bond donors (Lipinski definition) is 1. The van der Waals surface area contributed by atoms with E-state index in [9.17, 15) is 13.2 Å². The summed E-state index contributed by atoms with van der Waals surface area (Å²) in [6.07, 6.45) is 6.04. The van der Waals surface area contributed by atoms with E-state index < -0.39 is 10.0 Å². The number of amides is 1. The van der Waals surface area contributed by atoms with Gasteiger partial charge in [0.15, 0.2) is 0 Å². The van der Waals surface area contributed by atoms with Crippen LogP contribution in [0.1, 0.15) is 48.2 Å². The molecule has 1 N–H and O–H groups in total. The number of carbonyl (C=O) groups excluding carboxylic acids is 1. The highest BCUT2D eigenvalue weighted by molar-refractivity contribution is 7.91. The minimum atomic E-state index is -3.48. The fourth-order valence-electron chi connectivity index (χ4n) is 2.98. The number of likely N-dealkylation sites (tertiary alicyclic amines) is 1. The topological polar surface area (TPSA) is 66.5 Å². The van der Waals surface area contributed by atoms with Crippen LogP contribution in [0, 0.1) is 0 Å². The second-order valence-corrected chi connectivity index (χ2v) is 8.75. The standard InChI is InChI=1S/C14H20N2O3S2/c17-14(16-9-3-4-10-16)12-7-8-13(20-12)21(18,19)15-11-5-1-2-6-11/h7-8,11,15H,1-6,9-10H2. The Labute approximate surface area is 129 Å². The highest BCUT2D eigenvalue weighted by Crippen LogP contribution is 2.26. The number of sulfonamides is 1. The minimum absolute atomic E-state index is 0.0418. The molecule has 2 fully saturated rings. The Bertz CT molecular complexity index is 612. The molecule has 2 aliphatic rings. The van der Waals surface area contributed by atoms with Gasteiger partial charge in [0, 0.05) is 19.1 Å². The second-order valence-electron chi connectivity index (χ2n) is 5.72. The van der Waals surface area contributed by atoms with E-state index >= 15 is 0 Å². The molecular formula is C14H20N2O3S2. The average molecular weight is 328 g/mol. The molecule has 1 aromatic rings. The SMILES string of the molecule is O=C(c1ccc(S(=O)(=O)NC2CCCC2)s1)N1CCCC1. The van der Waals surface area contributed by atoms with Crippen LogP contribution in [-0.4, -0.2) is 38.4 Å². The lowest BCUT2D eigenvalue weighted by Crippen LogP contribution is -2.32. The predicted octanol–water partition coefficient (Wildman–Crippen LogP) is 2.21. The highest BCUT2D eigenvalue weighted by Gasteiger charge is 2.26. The van der Waals surface area contributed by atoms with Gasteiger partial charge in [-0.1, -0.05) is 12.8 Å². The summed E-state index contributed by atoms with van der Waals surface area (Å²) in [5.74, 6) is -0.0418. The summed E-state index contributed by atoms with van der Waals surface area (Å²) in [5, 5.41) is 0. The Morgan fingerprint density at radius 3 is 2.48 bits per heavy atom. The summed E-state index contributed by atoms with van der Waals surface area (Å²) >= 11 is 1.08. The summed E-state index contributed by atoms with van der Waals surface area (Å²) in [7, 11) is -3.48. The molecule has 0 spiro atoms. The Hall–Kier alpha value is -0.920. The Balaban J connectivity index is 1.72. The molecule has 0 aromatic carbocycles. The third-order valence-electron chi connectivity index (χ3n) is 4.13. The van der Waals surface area contributed by atoms with Gasteiger partial charge in [-0.2, -0.15) is 0 Å². The van der Waals surface area contributed by atoms with Crippen LogP contribution in [0.3, 0.4) is 0 Å². The Kier molecular flexibility index (Phi) is 4.33. The summed E-state index contributed by atoms with van der Waals surface area (Å²) in [4.78, 5) is 14.6. The van der Waals surface area contributed by atoms with Crippen LogP contribution < -0.4 is 4.72 Å². The normalized spacial score (nSPS) is 20.3. The van der Waals surface area contributed by atoms with Crippen LogP contribution in [0.2, 0.25) is 0 Å². The van der Waals surface area contributed by atoms with E-state index in [1.54, 1.807) is 17.0 Å². The van der Waals surface area contributed by atoms with Gasteiger partial charge in [0.25, 0.3) is 5.91 Å². The fourth-order valence-corrected chi connectivity index (χ4v) is 5.57. The van der Waals surface area contributed by atoms with Gasteiger partial charge in [-0.15, -0.1) is 11.3 Å². The fraction of sp³-hybridized carbons (Fsp3) is 0.643. The van der Waals surface area contributed by atoms with Crippen LogP contribution >= 0.6 is 11.3 Å². The number of thiophene rings is 1. The van der Waals surface area contributed by atoms with Gasteiger partial charge in [0.1, 0.15) is 4.21 Å². The third-order valence-corrected chi connectivity index (χ3v) is 7.21. The first-order chi connectivity index (χ1) is 10.1. The molecule has 0 radical (unpaired) electrons. The molecule has 0 unspecified atom stereocenters. The zero-order valence-electron chi connectivity index (χ0n) is 11.9. The van der Waals surface area contributed by atoms with E-state index in [1.165, 1.54) is 0 Å². The molecular weight excluding hydrogens is 308 g/mol. The molecule has 0 atom stereocenters. The lowest BCUT2D eigenvalue weighted by molar-refractivity contribution is 0.0797. The van der Waals surface area contributed by atoms with E-state index in [1.807, 2.05) is 0 Å². The second kappa shape index (κ2) is 6.06. The minimum Gasteiger partial charge on any atom is -0.338 e. The third kappa shape index (κ3) is 3.30. The molecule has 116 valence electrons. The van der Waals surface area contributed by atoms with Crippen molar-refractivity contribution in [3.63, 3.8) is 0 Å². The lowest BCUT2D eigenvalue weighted by atomic mass is 10.3. The number of hydrogen-bond acceptors (Lipinski definition) is 4. The molecule has 3 rings (SSSR count). The lowest BCUT2D eigenvalue weighted by Gasteiger charge is -2.13. The van der Waals surface area contributed by atoms with Crippen molar-refractivity contribution in [1.82, 2.24) is 9.62 Å². The molecule has 5 nitrogen and oxygen atoms in total. The monoisotopic (exact) mass is 328 g/mol. The van der Waals surface area contributed by atoms with Gasteiger partial charge < -0.3 is 4.90 Å². The molecule has 1 saturated heterocycles. The van der Waals surface area contributed by atoms with E-state index in [-0.39, 0.29) is 16.2 Å². The van der Waals surface area contributed by atoms with Gasteiger partial charge in [0.2, 0.25) is 10.0 Å². The molecule has 7 heteroatoms. The van der Waals surface area contributed by atoms with Crippen molar-refractivity contribution < 1.29 is 13.2 Å². The van der Waals surface area contributed by atoms with Gasteiger partial charge in [-0.3, -0.25) is 4.79 Å². The zero-order valence-corrected chi connectivity index (χ0v) is 13.5. The number of carbonyl (C=O) groups is 1.